The second-order valence-corrected chi connectivity index (χ2v) is 6.76. The second-order valence-electron chi connectivity index (χ2n) is 5.02. The predicted octanol–water partition coefficient (Wildman–Crippen LogP) is 0.381. The van der Waals surface area contributed by atoms with Gasteiger partial charge in [-0.05, 0) is 18.9 Å². The van der Waals surface area contributed by atoms with E-state index < -0.39 is 26.2 Å². The number of sulfonamides is 1. The largest absolute Gasteiger partial charge is 0.381 e. The topological polar surface area (TPSA) is 125 Å². The number of benzene rings is 1. The molecule has 2 rings (SSSR count). The zero-order valence-electron chi connectivity index (χ0n) is 11.3. The zero-order chi connectivity index (χ0) is 15.5. The summed E-state index contributed by atoms with van der Waals surface area (Å²) in [5.41, 5.74) is 4.96. The minimum atomic E-state index is -3.99. The molecule has 0 spiro atoms. The van der Waals surface area contributed by atoms with Crippen molar-refractivity contribution in [3.8, 4) is 0 Å². The highest BCUT2D eigenvalue weighted by molar-refractivity contribution is 7.89. The monoisotopic (exact) mass is 315 g/mol. The average Bonchev–Trinajstić information content (AvgIpc) is 2.46. The Hall–Kier alpha value is -1.55. The average molecular weight is 315 g/mol. The normalized spacial score (nSPS) is 18.3. The van der Waals surface area contributed by atoms with E-state index in [2.05, 4.69) is 4.72 Å². The van der Waals surface area contributed by atoms with Crippen LogP contribution >= 0.6 is 0 Å². The molecule has 0 radical (unpaired) electrons. The number of nitrogens with one attached hydrogen (secondary N) is 1. The molecule has 1 fully saturated rings. The summed E-state index contributed by atoms with van der Waals surface area (Å²) in [4.78, 5) is 9.83. The second kappa shape index (κ2) is 6.06. The number of rotatable bonds is 5. The van der Waals surface area contributed by atoms with E-state index in [4.69, 9.17) is 10.5 Å². The van der Waals surface area contributed by atoms with Crippen molar-refractivity contribution in [2.24, 2.45) is 5.73 Å². The molecule has 21 heavy (non-hydrogen) atoms. The number of nitrogens with two attached hydrogens (primary N) is 1. The Morgan fingerprint density at radius 2 is 1.95 bits per heavy atom. The lowest BCUT2D eigenvalue weighted by Crippen LogP contribution is -2.53. The lowest BCUT2D eigenvalue weighted by Gasteiger charge is -2.33. The van der Waals surface area contributed by atoms with Crippen molar-refractivity contribution < 1.29 is 18.1 Å². The van der Waals surface area contributed by atoms with Gasteiger partial charge in [0.25, 0.3) is 5.69 Å². The summed E-state index contributed by atoms with van der Waals surface area (Å²) >= 11 is 0. The Kier molecular flexibility index (Phi) is 4.57. The predicted molar refractivity (Wildman–Crippen MR) is 75.3 cm³/mol. The number of nitro groups is 1. The maximum atomic E-state index is 12.2. The summed E-state index contributed by atoms with van der Waals surface area (Å²) in [6, 6.07) is 5.21. The molecular formula is C12H17N3O5S. The molecule has 0 amide bonds. The van der Waals surface area contributed by atoms with E-state index in [-0.39, 0.29) is 11.4 Å². The molecule has 0 unspecified atom stereocenters. The Balaban J connectivity index is 2.17. The van der Waals surface area contributed by atoms with Gasteiger partial charge in [-0.15, -0.1) is 0 Å². The van der Waals surface area contributed by atoms with E-state index in [1.807, 2.05) is 0 Å². The molecule has 1 aliphatic heterocycles. The fourth-order valence-corrected chi connectivity index (χ4v) is 3.42. The summed E-state index contributed by atoms with van der Waals surface area (Å²) in [6.07, 6.45) is 1.07. The standard InChI is InChI=1S/C12H17N3O5S/c13-12(5-7-20-8-6-12)9-14-21(18,19)11-4-2-1-3-10(11)15(16)17/h1-4,14H,5-9,13H2. The van der Waals surface area contributed by atoms with Gasteiger partial charge in [0, 0.05) is 31.4 Å². The van der Waals surface area contributed by atoms with Gasteiger partial charge in [-0.3, -0.25) is 10.1 Å². The van der Waals surface area contributed by atoms with Gasteiger partial charge in [0.05, 0.1) is 4.92 Å². The van der Waals surface area contributed by atoms with E-state index in [1.54, 1.807) is 0 Å². The van der Waals surface area contributed by atoms with Crippen molar-refractivity contribution in [2.75, 3.05) is 19.8 Å². The van der Waals surface area contributed by atoms with E-state index in [0.717, 1.165) is 6.07 Å². The van der Waals surface area contributed by atoms with Gasteiger partial charge in [-0.1, -0.05) is 12.1 Å². The third-order valence-corrected chi connectivity index (χ3v) is 4.90. The molecule has 0 aliphatic carbocycles. The molecule has 1 heterocycles. The maximum Gasteiger partial charge on any atom is 0.289 e. The Bertz CT molecular complexity index is 626. The quantitative estimate of drug-likeness (QED) is 0.598. The Morgan fingerprint density at radius 1 is 1.33 bits per heavy atom. The zero-order valence-corrected chi connectivity index (χ0v) is 12.1. The molecule has 116 valence electrons. The molecule has 1 aromatic carbocycles. The highest BCUT2D eigenvalue weighted by Gasteiger charge is 2.32. The molecule has 0 aromatic heterocycles. The third-order valence-electron chi connectivity index (χ3n) is 3.45. The first-order chi connectivity index (χ1) is 9.84. The van der Waals surface area contributed by atoms with Crippen LogP contribution in [0.15, 0.2) is 29.2 Å². The summed E-state index contributed by atoms with van der Waals surface area (Å²) in [7, 11) is -3.99. The molecule has 0 bridgehead atoms. The maximum absolute atomic E-state index is 12.2. The van der Waals surface area contributed by atoms with E-state index in [1.165, 1.54) is 18.2 Å². The lowest BCUT2D eigenvalue weighted by atomic mass is 9.92. The number of hydrogen-bond acceptors (Lipinski definition) is 6. The van der Waals surface area contributed by atoms with Crippen LogP contribution in [0.2, 0.25) is 0 Å². The van der Waals surface area contributed by atoms with Crippen LogP contribution in [0.1, 0.15) is 12.8 Å². The van der Waals surface area contributed by atoms with Crippen LogP contribution in [0.4, 0.5) is 5.69 Å². The first-order valence-corrected chi connectivity index (χ1v) is 7.92. The number of nitrogens with zero attached hydrogens (tertiary/aromatic N) is 1. The van der Waals surface area contributed by atoms with Gasteiger partial charge >= 0.3 is 0 Å². The smallest absolute Gasteiger partial charge is 0.289 e. The molecule has 3 N–H and O–H groups in total. The van der Waals surface area contributed by atoms with Gasteiger partial charge in [0.1, 0.15) is 0 Å². The molecule has 0 saturated carbocycles. The molecular weight excluding hydrogens is 298 g/mol. The Morgan fingerprint density at radius 3 is 2.57 bits per heavy atom. The number of para-hydroxylation sites is 1. The third kappa shape index (κ3) is 3.76. The summed E-state index contributed by atoms with van der Waals surface area (Å²) in [6.45, 7) is 0.970. The van der Waals surface area contributed by atoms with Gasteiger partial charge in [-0.2, -0.15) is 0 Å². The minimum Gasteiger partial charge on any atom is -0.381 e. The van der Waals surface area contributed by atoms with Crippen LogP contribution in [0, 0.1) is 10.1 Å². The fraction of sp³-hybridized carbons (Fsp3) is 0.500. The first kappa shape index (κ1) is 15.8. The molecule has 8 nitrogen and oxygen atoms in total. The van der Waals surface area contributed by atoms with Crippen LogP contribution in [-0.4, -0.2) is 38.6 Å². The van der Waals surface area contributed by atoms with Crippen molar-refractivity contribution in [1.29, 1.82) is 0 Å². The van der Waals surface area contributed by atoms with Crippen molar-refractivity contribution in [2.45, 2.75) is 23.3 Å². The SMILES string of the molecule is NC1(CNS(=O)(=O)c2ccccc2[N+](=O)[O-])CCOCC1. The van der Waals surface area contributed by atoms with Gasteiger partial charge in [-0.25, -0.2) is 13.1 Å². The Labute approximate surface area is 122 Å². The van der Waals surface area contributed by atoms with Crippen LogP contribution < -0.4 is 10.5 Å². The van der Waals surface area contributed by atoms with Gasteiger partial charge in [0.15, 0.2) is 4.90 Å². The molecule has 1 saturated heterocycles. The summed E-state index contributed by atoms with van der Waals surface area (Å²) in [5, 5.41) is 10.9. The highest BCUT2D eigenvalue weighted by atomic mass is 32.2. The number of ether oxygens (including phenoxy) is 1. The molecule has 0 atom stereocenters. The van der Waals surface area contributed by atoms with Crippen LogP contribution in [-0.2, 0) is 14.8 Å². The van der Waals surface area contributed by atoms with E-state index in [9.17, 15) is 18.5 Å². The lowest BCUT2D eigenvalue weighted by molar-refractivity contribution is -0.387. The van der Waals surface area contributed by atoms with Crippen LogP contribution in [0.25, 0.3) is 0 Å². The van der Waals surface area contributed by atoms with Gasteiger partial charge in [0.2, 0.25) is 10.0 Å². The van der Waals surface area contributed by atoms with E-state index >= 15 is 0 Å². The van der Waals surface area contributed by atoms with Crippen molar-refractivity contribution >= 4 is 15.7 Å². The molecule has 1 aromatic rings. The molecule has 9 heteroatoms. The van der Waals surface area contributed by atoms with Crippen LogP contribution in [0.5, 0.6) is 0 Å². The summed E-state index contributed by atoms with van der Waals surface area (Å²) < 4.78 is 32.0. The van der Waals surface area contributed by atoms with Crippen LogP contribution in [0.3, 0.4) is 0 Å². The van der Waals surface area contributed by atoms with E-state index in [0.29, 0.717) is 26.1 Å². The number of nitro benzene ring substituents is 1. The van der Waals surface area contributed by atoms with Crippen molar-refractivity contribution in [3.63, 3.8) is 0 Å². The van der Waals surface area contributed by atoms with Crippen molar-refractivity contribution in [3.05, 3.63) is 34.4 Å². The number of hydrogen-bond donors (Lipinski definition) is 2. The molecule has 1 aliphatic rings. The van der Waals surface area contributed by atoms with Crippen molar-refractivity contribution in [1.82, 2.24) is 4.72 Å². The minimum absolute atomic E-state index is 0.0186. The summed E-state index contributed by atoms with van der Waals surface area (Å²) in [5.74, 6) is 0. The van der Waals surface area contributed by atoms with Gasteiger partial charge < -0.3 is 10.5 Å². The first-order valence-electron chi connectivity index (χ1n) is 6.44. The highest BCUT2D eigenvalue weighted by Crippen LogP contribution is 2.23. The fourth-order valence-electron chi connectivity index (χ4n) is 2.11.